The van der Waals surface area contributed by atoms with Crippen molar-refractivity contribution in [2.75, 3.05) is 33.1 Å². The summed E-state index contributed by atoms with van der Waals surface area (Å²) >= 11 is 5.58. The van der Waals surface area contributed by atoms with Gasteiger partial charge in [-0.1, -0.05) is 17.9 Å². The zero-order valence-corrected chi connectivity index (χ0v) is 11.8. The van der Waals surface area contributed by atoms with Crippen molar-refractivity contribution in [1.29, 1.82) is 0 Å². The molecule has 0 unspecified atom stereocenters. The van der Waals surface area contributed by atoms with E-state index in [1.165, 1.54) is 0 Å². The van der Waals surface area contributed by atoms with Crippen molar-refractivity contribution < 1.29 is 4.74 Å². The predicted molar refractivity (Wildman–Crippen MR) is 77.3 cm³/mol. The molecule has 1 rings (SSSR count). The maximum Gasteiger partial charge on any atom is 0.120 e. The molecule has 0 aliphatic carbocycles. The molecule has 98 valence electrons. The predicted octanol–water partition coefficient (Wildman–Crippen LogP) is 3.00. The average Bonchev–Trinajstić information content (AvgIpc) is 2.35. The first-order valence-corrected chi connectivity index (χ1v) is 6.68. The molecule has 1 aromatic rings. The number of benzene rings is 1. The molecule has 0 aliphatic rings. The van der Waals surface area contributed by atoms with Crippen molar-refractivity contribution in [1.82, 2.24) is 4.90 Å². The molecule has 0 aliphatic heterocycles. The molecular formula is C15H20ClNO. The molecule has 2 nitrogen and oxygen atoms in total. The van der Waals surface area contributed by atoms with Crippen LogP contribution < -0.4 is 4.74 Å². The molecule has 0 heterocycles. The quantitative estimate of drug-likeness (QED) is 0.445. The molecule has 0 bridgehead atoms. The number of alkyl halides is 1. The van der Waals surface area contributed by atoms with Crippen LogP contribution in [0.15, 0.2) is 24.3 Å². The van der Waals surface area contributed by atoms with Crippen LogP contribution in [0.3, 0.4) is 0 Å². The van der Waals surface area contributed by atoms with Gasteiger partial charge < -0.3 is 9.64 Å². The van der Waals surface area contributed by atoms with Gasteiger partial charge in [-0.2, -0.15) is 0 Å². The maximum absolute atomic E-state index is 5.68. The highest BCUT2D eigenvalue weighted by Gasteiger charge is 1.96. The summed E-state index contributed by atoms with van der Waals surface area (Å²) in [5.74, 6) is 7.55. The zero-order chi connectivity index (χ0) is 13.2. The van der Waals surface area contributed by atoms with Gasteiger partial charge >= 0.3 is 0 Å². The second kappa shape index (κ2) is 8.85. The van der Waals surface area contributed by atoms with E-state index in [0.29, 0.717) is 5.88 Å². The van der Waals surface area contributed by atoms with E-state index in [2.05, 4.69) is 30.8 Å². The van der Waals surface area contributed by atoms with Crippen LogP contribution in [0.5, 0.6) is 5.75 Å². The van der Waals surface area contributed by atoms with E-state index < -0.39 is 0 Å². The number of hydrogen-bond donors (Lipinski definition) is 0. The second-order valence-electron chi connectivity index (χ2n) is 4.27. The van der Waals surface area contributed by atoms with Gasteiger partial charge in [0.05, 0.1) is 6.61 Å². The molecule has 0 saturated carbocycles. The first-order chi connectivity index (χ1) is 8.72. The first kappa shape index (κ1) is 14.9. The van der Waals surface area contributed by atoms with Gasteiger partial charge in [-0.3, -0.25) is 0 Å². The molecule has 0 atom stereocenters. The fraction of sp³-hybridized carbons (Fsp3) is 0.467. The number of ether oxygens (including phenoxy) is 1. The van der Waals surface area contributed by atoms with Crippen LogP contribution in [-0.4, -0.2) is 38.0 Å². The Labute approximate surface area is 115 Å². The highest BCUT2D eigenvalue weighted by Crippen LogP contribution is 2.12. The Morgan fingerprint density at radius 1 is 1.33 bits per heavy atom. The standard InChI is InChI=1S/C15H20ClNO/c1-17(2)11-6-12-18-15-9-5-8-14(13-15)7-3-4-10-16/h5,8-9,13H,4,6,10-12H2,1-2H3. The Bertz CT molecular complexity index is 406. The molecule has 0 amide bonds. The Morgan fingerprint density at radius 2 is 2.17 bits per heavy atom. The summed E-state index contributed by atoms with van der Waals surface area (Å²) in [6.07, 6.45) is 1.74. The SMILES string of the molecule is CN(C)CCCOc1cccc(C#CCCCl)c1. The lowest BCUT2D eigenvalue weighted by molar-refractivity contribution is 0.281. The van der Waals surface area contributed by atoms with Crippen molar-refractivity contribution in [2.45, 2.75) is 12.8 Å². The lowest BCUT2D eigenvalue weighted by atomic mass is 10.2. The first-order valence-electron chi connectivity index (χ1n) is 6.15. The largest absolute Gasteiger partial charge is 0.494 e. The van der Waals surface area contributed by atoms with Crippen LogP contribution >= 0.6 is 11.6 Å². The van der Waals surface area contributed by atoms with E-state index in [4.69, 9.17) is 16.3 Å². The van der Waals surface area contributed by atoms with E-state index >= 15 is 0 Å². The number of nitrogens with zero attached hydrogens (tertiary/aromatic N) is 1. The molecule has 0 radical (unpaired) electrons. The summed E-state index contributed by atoms with van der Waals surface area (Å²) in [7, 11) is 4.13. The second-order valence-corrected chi connectivity index (χ2v) is 4.65. The minimum atomic E-state index is 0.577. The normalized spacial score (nSPS) is 10.0. The van der Waals surface area contributed by atoms with Gasteiger partial charge in [-0.05, 0) is 38.7 Å². The van der Waals surface area contributed by atoms with Crippen LogP contribution in [-0.2, 0) is 0 Å². The zero-order valence-electron chi connectivity index (χ0n) is 11.1. The Balaban J connectivity index is 2.42. The summed E-state index contributed by atoms with van der Waals surface area (Å²) in [6.45, 7) is 1.77. The third kappa shape index (κ3) is 6.54. The van der Waals surface area contributed by atoms with Crippen LogP contribution in [0.1, 0.15) is 18.4 Å². The fourth-order valence-corrected chi connectivity index (χ4v) is 1.54. The summed E-state index contributed by atoms with van der Waals surface area (Å²) in [6, 6.07) is 7.87. The Morgan fingerprint density at radius 3 is 2.89 bits per heavy atom. The van der Waals surface area contributed by atoms with Gasteiger partial charge in [0.1, 0.15) is 5.75 Å². The number of rotatable bonds is 6. The molecule has 3 heteroatoms. The van der Waals surface area contributed by atoms with Gasteiger partial charge in [0, 0.05) is 24.4 Å². The van der Waals surface area contributed by atoms with Crippen molar-refractivity contribution in [3.05, 3.63) is 29.8 Å². The van der Waals surface area contributed by atoms with E-state index in [1.807, 2.05) is 24.3 Å². The van der Waals surface area contributed by atoms with Gasteiger partial charge in [0.25, 0.3) is 0 Å². The van der Waals surface area contributed by atoms with Crippen LogP contribution in [0.2, 0.25) is 0 Å². The van der Waals surface area contributed by atoms with Crippen LogP contribution in [0.25, 0.3) is 0 Å². The van der Waals surface area contributed by atoms with Crippen molar-refractivity contribution >= 4 is 11.6 Å². The number of halogens is 1. The Kier molecular flexibility index (Phi) is 7.32. The average molecular weight is 266 g/mol. The highest BCUT2D eigenvalue weighted by molar-refractivity contribution is 6.18. The fourth-order valence-electron chi connectivity index (χ4n) is 1.45. The maximum atomic E-state index is 5.68. The van der Waals surface area contributed by atoms with Crippen molar-refractivity contribution in [3.8, 4) is 17.6 Å². The van der Waals surface area contributed by atoms with Crippen molar-refractivity contribution in [3.63, 3.8) is 0 Å². The molecule has 0 N–H and O–H groups in total. The van der Waals surface area contributed by atoms with E-state index in [-0.39, 0.29) is 0 Å². The van der Waals surface area contributed by atoms with Gasteiger partial charge in [-0.15, -0.1) is 11.6 Å². The lowest BCUT2D eigenvalue weighted by Gasteiger charge is -2.10. The summed E-state index contributed by atoms with van der Waals surface area (Å²) in [5.41, 5.74) is 0.977. The minimum absolute atomic E-state index is 0.577. The number of hydrogen-bond acceptors (Lipinski definition) is 2. The lowest BCUT2D eigenvalue weighted by Crippen LogP contribution is -2.15. The molecule has 0 saturated heterocycles. The van der Waals surface area contributed by atoms with E-state index in [0.717, 1.165) is 37.3 Å². The molecule has 0 aromatic heterocycles. The summed E-state index contributed by atoms with van der Waals surface area (Å²) in [4.78, 5) is 2.15. The monoisotopic (exact) mass is 265 g/mol. The molecule has 18 heavy (non-hydrogen) atoms. The van der Waals surface area contributed by atoms with E-state index in [9.17, 15) is 0 Å². The molecule has 1 aromatic carbocycles. The third-order valence-electron chi connectivity index (χ3n) is 2.30. The van der Waals surface area contributed by atoms with Crippen LogP contribution in [0.4, 0.5) is 0 Å². The highest BCUT2D eigenvalue weighted by atomic mass is 35.5. The van der Waals surface area contributed by atoms with Gasteiger partial charge in [0.2, 0.25) is 0 Å². The van der Waals surface area contributed by atoms with Crippen LogP contribution in [0, 0.1) is 11.8 Å². The molecule has 0 fully saturated rings. The Hall–Kier alpha value is -1.17. The topological polar surface area (TPSA) is 12.5 Å². The summed E-state index contributed by atoms with van der Waals surface area (Å²) in [5, 5.41) is 0. The van der Waals surface area contributed by atoms with Crippen molar-refractivity contribution in [2.24, 2.45) is 0 Å². The smallest absolute Gasteiger partial charge is 0.120 e. The summed E-state index contributed by atoms with van der Waals surface area (Å²) < 4.78 is 5.68. The minimum Gasteiger partial charge on any atom is -0.494 e. The van der Waals surface area contributed by atoms with Gasteiger partial charge in [0.15, 0.2) is 0 Å². The van der Waals surface area contributed by atoms with Gasteiger partial charge in [-0.25, -0.2) is 0 Å². The third-order valence-corrected chi connectivity index (χ3v) is 2.49. The molecular weight excluding hydrogens is 246 g/mol. The van der Waals surface area contributed by atoms with E-state index in [1.54, 1.807) is 0 Å². The molecule has 0 spiro atoms.